The summed E-state index contributed by atoms with van der Waals surface area (Å²) >= 11 is -1.69. The molecule has 0 saturated heterocycles. The first-order valence-electron chi connectivity index (χ1n) is 4.84. The molecule has 0 bridgehead atoms. The van der Waals surface area contributed by atoms with Gasteiger partial charge in [-0.15, -0.1) is 0 Å². The van der Waals surface area contributed by atoms with Crippen LogP contribution in [0.4, 0.5) is 0 Å². The van der Waals surface area contributed by atoms with E-state index in [4.69, 9.17) is 8.92 Å². The maximum Gasteiger partial charge on any atom is 0.202 e. The van der Waals surface area contributed by atoms with Crippen molar-refractivity contribution in [3.63, 3.8) is 0 Å². The zero-order valence-electron chi connectivity index (χ0n) is 9.60. The quantitative estimate of drug-likeness (QED) is 0.795. The van der Waals surface area contributed by atoms with Gasteiger partial charge in [-0.1, -0.05) is 17.7 Å². The Bertz CT molecular complexity index is 359. The third-order valence-corrected chi connectivity index (χ3v) is 3.05. The van der Waals surface area contributed by atoms with Gasteiger partial charge in [0.1, 0.15) is 6.61 Å². The second-order valence-electron chi connectivity index (χ2n) is 3.74. The maximum atomic E-state index is 11.7. The van der Waals surface area contributed by atoms with E-state index in [1.54, 1.807) is 12.1 Å². The van der Waals surface area contributed by atoms with Crippen molar-refractivity contribution in [1.82, 2.24) is 0 Å². The fraction of sp³-hybridized carbons (Fsp3) is 0.455. The van der Waals surface area contributed by atoms with Crippen LogP contribution in [0.1, 0.15) is 12.5 Å². The summed E-state index contributed by atoms with van der Waals surface area (Å²) in [7, 11) is 1.44. The van der Waals surface area contributed by atoms with E-state index in [9.17, 15) is 9.32 Å². The molecular formula is C11H16O4S. The minimum absolute atomic E-state index is 0.0371. The van der Waals surface area contributed by atoms with Gasteiger partial charge in [-0.05, 0) is 26.0 Å². The minimum atomic E-state index is -1.69. The number of rotatable bonds is 5. The largest absolute Gasteiger partial charge is 0.379 e. The molecule has 2 atom stereocenters. The molecule has 2 unspecified atom stereocenters. The third kappa shape index (κ3) is 4.02. The van der Waals surface area contributed by atoms with Crippen molar-refractivity contribution >= 4 is 11.1 Å². The predicted molar refractivity (Wildman–Crippen MR) is 61.2 cm³/mol. The SMILES string of the molecule is COCC(C)(O)OS(=O)c1ccc(C)cc1. The molecule has 4 nitrogen and oxygen atoms in total. The molecule has 0 aromatic heterocycles. The van der Waals surface area contributed by atoms with Gasteiger partial charge < -0.3 is 9.84 Å². The Labute approximate surface area is 97.9 Å². The Kier molecular flexibility index (Phi) is 4.61. The first-order chi connectivity index (χ1) is 7.44. The number of aryl methyl sites for hydroxylation is 1. The molecule has 5 heteroatoms. The molecule has 1 aromatic rings. The molecule has 0 aliphatic rings. The van der Waals surface area contributed by atoms with Crippen LogP contribution >= 0.6 is 0 Å². The van der Waals surface area contributed by atoms with E-state index in [1.165, 1.54) is 14.0 Å². The van der Waals surface area contributed by atoms with Crippen molar-refractivity contribution in [2.24, 2.45) is 0 Å². The molecule has 0 aliphatic heterocycles. The lowest BCUT2D eigenvalue weighted by atomic mass is 10.2. The van der Waals surface area contributed by atoms with Crippen molar-refractivity contribution in [2.75, 3.05) is 13.7 Å². The highest BCUT2D eigenvalue weighted by atomic mass is 32.2. The first-order valence-corrected chi connectivity index (χ1v) is 5.91. The number of methoxy groups -OCH3 is 1. The lowest BCUT2D eigenvalue weighted by Crippen LogP contribution is -2.34. The van der Waals surface area contributed by atoms with Gasteiger partial charge in [0, 0.05) is 7.11 Å². The van der Waals surface area contributed by atoms with Crippen LogP contribution in [0, 0.1) is 6.92 Å². The molecule has 0 amide bonds. The number of hydrogen-bond donors (Lipinski definition) is 1. The molecule has 0 heterocycles. The summed E-state index contributed by atoms with van der Waals surface area (Å²) < 4.78 is 21.5. The topological polar surface area (TPSA) is 55.8 Å². The lowest BCUT2D eigenvalue weighted by molar-refractivity contribution is -0.151. The molecule has 90 valence electrons. The Balaban J connectivity index is 2.69. The van der Waals surface area contributed by atoms with Gasteiger partial charge in [0.05, 0.1) is 4.90 Å². The summed E-state index contributed by atoms with van der Waals surface area (Å²) in [6.07, 6.45) is 0. The molecule has 0 radical (unpaired) electrons. The summed E-state index contributed by atoms with van der Waals surface area (Å²) in [5.41, 5.74) is 1.07. The van der Waals surface area contributed by atoms with Gasteiger partial charge in [0.15, 0.2) is 11.1 Å². The van der Waals surface area contributed by atoms with Crippen LogP contribution in [0.3, 0.4) is 0 Å². The average molecular weight is 244 g/mol. The molecule has 1 rings (SSSR count). The van der Waals surface area contributed by atoms with Gasteiger partial charge in [-0.2, -0.15) is 0 Å². The first kappa shape index (κ1) is 13.3. The summed E-state index contributed by atoms with van der Waals surface area (Å²) in [4.78, 5) is 0.516. The van der Waals surface area contributed by atoms with Gasteiger partial charge in [-0.25, -0.2) is 8.39 Å². The fourth-order valence-electron chi connectivity index (χ4n) is 1.15. The number of hydrogen-bond acceptors (Lipinski definition) is 4. The minimum Gasteiger partial charge on any atom is -0.379 e. The van der Waals surface area contributed by atoms with Crippen molar-refractivity contribution in [3.05, 3.63) is 29.8 Å². The second kappa shape index (κ2) is 5.54. The average Bonchev–Trinajstić information content (AvgIpc) is 2.17. The van der Waals surface area contributed by atoms with Crippen molar-refractivity contribution in [2.45, 2.75) is 24.5 Å². The van der Waals surface area contributed by atoms with E-state index in [0.717, 1.165) is 5.56 Å². The summed E-state index contributed by atoms with van der Waals surface area (Å²) in [6.45, 7) is 3.31. The van der Waals surface area contributed by atoms with Crippen LogP contribution in [-0.2, 0) is 20.0 Å². The zero-order valence-corrected chi connectivity index (χ0v) is 10.4. The Hall–Kier alpha value is -0.750. The summed E-state index contributed by atoms with van der Waals surface area (Å²) in [5.74, 6) is -1.55. The monoisotopic (exact) mass is 244 g/mol. The van der Waals surface area contributed by atoms with E-state index < -0.39 is 16.9 Å². The maximum absolute atomic E-state index is 11.7. The van der Waals surface area contributed by atoms with Crippen molar-refractivity contribution in [3.8, 4) is 0 Å². The number of aliphatic hydroxyl groups is 1. The van der Waals surface area contributed by atoms with E-state index in [2.05, 4.69) is 0 Å². The molecule has 16 heavy (non-hydrogen) atoms. The number of benzene rings is 1. The molecule has 1 N–H and O–H groups in total. The van der Waals surface area contributed by atoms with Gasteiger partial charge in [-0.3, -0.25) is 0 Å². The molecular weight excluding hydrogens is 228 g/mol. The van der Waals surface area contributed by atoms with Crippen LogP contribution in [0.25, 0.3) is 0 Å². The third-order valence-electron chi connectivity index (χ3n) is 1.88. The van der Waals surface area contributed by atoms with Gasteiger partial charge in [0.2, 0.25) is 5.79 Å². The molecule has 0 spiro atoms. The lowest BCUT2D eigenvalue weighted by Gasteiger charge is -2.21. The second-order valence-corrected chi connectivity index (χ2v) is 4.85. The summed E-state index contributed by atoms with van der Waals surface area (Å²) in [5, 5.41) is 9.66. The highest BCUT2D eigenvalue weighted by Gasteiger charge is 2.25. The zero-order chi connectivity index (χ0) is 12.2. The van der Waals surface area contributed by atoms with E-state index >= 15 is 0 Å². The van der Waals surface area contributed by atoms with Gasteiger partial charge in [0.25, 0.3) is 0 Å². The van der Waals surface area contributed by atoms with Crippen LogP contribution in [-0.4, -0.2) is 28.8 Å². The summed E-state index contributed by atoms with van der Waals surface area (Å²) in [6, 6.07) is 7.08. The smallest absolute Gasteiger partial charge is 0.202 e. The normalized spacial score (nSPS) is 16.8. The van der Waals surface area contributed by atoms with Crippen molar-refractivity contribution < 1.29 is 18.2 Å². The Morgan fingerprint density at radius 1 is 1.38 bits per heavy atom. The van der Waals surface area contributed by atoms with Crippen molar-refractivity contribution in [1.29, 1.82) is 0 Å². The number of ether oxygens (including phenoxy) is 1. The van der Waals surface area contributed by atoms with Crippen LogP contribution in [0.15, 0.2) is 29.2 Å². The highest BCUT2D eigenvalue weighted by Crippen LogP contribution is 2.15. The molecule has 0 fully saturated rings. The van der Waals surface area contributed by atoms with E-state index in [0.29, 0.717) is 4.90 Å². The molecule has 0 saturated carbocycles. The van der Waals surface area contributed by atoms with E-state index in [-0.39, 0.29) is 6.61 Å². The fourth-order valence-corrected chi connectivity index (χ4v) is 1.98. The Morgan fingerprint density at radius 2 is 1.94 bits per heavy atom. The molecule has 0 aliphatic carbocycles. The van der Waals surface area contributed by atoms with E-state index in [1.807, 2.05) is 19.1 Å². The standard InChI is InChI=1S/C11H16O4S/c1-9-4-6-10(7-5-9)16(13)15-11(2,12)8-14-3/h4-7,12H,8H2,1-3H3. The van der Waals surface area contributed by atoms with Gasteiger partial charge >= 0.3 is 0 Å². The van der Waals surface area contributed by atoms with Crippen LogP contribution in [0.5, 0.6) is 0 Å². The van der Waals surface area contributed by atoms with Crippen LogP contribution < -0.4 is 0 Å². The Morgan fingerprint density at radius 3 is 2.44 bits per heavy atom. The highest BCUT2D eigenvalue weighted by molar-refractivity contribution is 7.80. The predicted octanol–water partition coefficient (Wildman–Crippen LogP) is 1.39. The van der Waals surface area contributed by atoms with Crippen LogP contribution in [0.2, 0.25) is 0 Å². The molecule has 1 aromatic carbocycles.